The highest BCUT2D eigenvalue weighted by Gasteiger charge is 2.21. The first-order chi connectivity index (χ1) is 7.63. The smallest absolute Gasteiger partial charge is 0.203 e. The second kappa shape index (κ2) is 5.69. The quantitative estimate of drug-likeness (QED) is 0.770. The van der Waals surface area contributed by atoms with Crippen molar-refractivity contribution < 1.29 is 9.52 Å². The first-order valence-electron chi connectivity index (χ1n) is 5.55. The molecule has 0 radical (unpaired) electrons. The van der Waals surface area contributed by atoms with Gasteiger partial charge >= 0.3 is 0 Å². The summed E-state index contributed by atoms with van der Waals surface area (Å²) >= 11 is 0. The van der Waals surface area contributed by atoms with E-state index in [1.165, 1.54) is 0 Å². The molecule has 2 N–H and O–H groups in total. The van der Waals surface area contributed by atoms with Crippen LogP contribution in [0, 0.1) is 11.3 Å². The Morgan fingerprint density at radius 3 is 2.62 bits per heavy atom. The fourth-order valence-electron chi connectivity index (χ4n) is 1.45. The fraction of sp³-hybridized carbons (Fsp3) is 0.583. The van der Waals surface area contributed by atoms with Crippen molar-refractivity contribution in [3.8, 4) is 6.07 Å². The van der Waals surface area contributed by atoms with E-state index in [2.05, 4.69) is 5.32 Å². The molecule has 0 atom stereocenters. The van der Waals surface area contributed by atoms with Crippen molar-refractivity contribution in [2.75, 3.05) is 6.54 Å². The molecule has 1 aromatic heterocycles. The van der Waals surface area contributed by atoms with Gasteiger partial charge in [0.25, 0.3) is 0 Å². The zero-order valence-electron chi connectivity index (χ0n) is 9.79. The lowest BCUT2D eigenvalue weighted by Gasteiger charge is -2.25. The number of hydrogen-bond donors (Lipinski definition) is 2. The van der Waals surface area contributed by atoms with Crippen molar-refractivity contribution in [3.05, 3.63) is 23.7 Å². The van der Waals surface area contributed by atoms with Crippen LogP contribution in [0.1, 0.15) is 38.2 Å². The van der Waals surface area contributed by atoms with Gasteiger partial charge in [-0.2, -0.15) is 5.26 Å². The maximum atomic E-state index is 10.0. The van der Waals surface area contributed by atoms with Gasteiger partial charge in [0.2, 0.25) is 5.76 Å². The first kappa shape index (κ1) is 12.8. The van der Waals surface area contributed by atoms with Crippen LogP contribution in [0.3, 0.4) is 0 Å². The van der Waals surface area contributed by atoms with Gasteiger partial charge < -0.3 is 14.8 Å². The minimum atomic E-state index is -0.648. The van der Waals surface area contributed by atoms with Crippen molar-refractivity contribution in [2.45, 2.75) is 38.8 Å². The molecule has 0 unspecified atom stereocenters. The normalized spacial score (nSPS) is 11.4. The Morgan fingerprint density at radius 2 is 2.12 bits per heavy atom. The third-order valence-electron chi connectivity index (χ3n) is 2.84. The van der Waals surface area contributed by atoms with Gasteiger partial charge in [0.05, 0.1) is 12.1 Å². The Hall–Kier alpha value is -1.31. The van der Waals surface area contributed by atoms with Crippen LogP contribution < -0.4 is 5.32 Å². The molecule has 1 rings (SSSR count). The molecule has 0 amide bonds. The van der Waals surface area contributed by atoms with E-state index >= 15 is 0 Å². The number of nitriles is 1. The van der Waals surface area contributed by atoms with E-state index in [1.807, 2.05) is 19.9 Å². The van der Waals surface area contributed by atoms with Gasteiger partial charge in [0.15, 0.2) is 0 Å². The van der Waals surface area contributed by atoms with Gasteiger partial charge in [-0.15, -0.1) is 0 Å². The minimum Gasteiger partial charge on any atom is -0.449 e. The third kappa shape index (κ3) is 3.37. The molecule has 0 aliphatic rings. The van der Waals surface area contributed by atoms with E-state index < -0.39 is 5.60 Å². The predicted octanol–water partition coefficient (Wildman–Crippen LogP) is 1.79. The zero-order valence-corrected chi connectivity index (χ0v) is 9.79. The monoisotopic (exact) mass is 222 g/mol. The van der Waals surface area contributed by atoms with Gasteiger partial charge in [0, 0.05) is 6.54 Å². The summed E-state index contributed by atoms with van der Waals surface area (Å²) in [5, 5.41) is 21.7. The number of hydrogen-bond acceptors (Lipinski definition) is 4. The molecule has 4 heteroatoms. The van der Waals surface area contributed by atoms with Crippen LogP contribution in [-0.4, -0.2) is 17.3 Å². The Morgan fingerprint density at radius 1 is 1.44 bits per heavy atom. The number of nitrogens with one attached hydrogen (secondary N) is 1. The molecule has 0 aliphatic carbocycles. The van der Waals surface area contributed by atoms with Crippen LogP contribution in [0.15, 0.2) is 16.5 Å². The van der Waals surface area contributed by atoms with Gasteiger partial charge in [-0.3, -0.25) is 0 Å². The van der Waals surface area contributed by atoms with Crippen molar-refractivity contribution in [3.63, 3.8) is 0 Å². The van der Waals surface area contributed by atoms with Crippen molar-refractivity contribution in [1.82, 2.24) is 5.32 Å². The molecule has 0 saturated heterocycles. The van der Waals surface area contributed by atoms with Gasteiger partial charge in [-0.25, -0.2) is 0 Å². The second-order valence-corrected chi connectivity index (χ2v) is 3.91. The summed E-state index contributed by atoms with van der Waals surface area (Å²) in [5.41, 5.74) is -0.648. The molecule has 0 aliphatic heterocycles. The maximum absolute atomic E-state index is 10.0. The van der Waals surface area contributed by atoms with Crippen LogP contribution in [0.25, 0.3) is 0 Å². The van der Waals surface area contributed by atoms with Crippen molar-refractivity contribution in [2.24, 2.45) is 0 Å². The number of nitrogens with zero attached hydrogens (tertiary/aromatic N) is 1. The SMILES string of the molecule is CCC(O)(CC)CNCc1ccc(C#N)o1. The highest BCUT2D eigenvalue weighted by molar-refractivity contribution is 5.18. The van der Waals surface area contributed by atoms with E-state index in [0.717, 1.165) is 12.8 Å². The summed E-state index contributed by atoms with van der Waals surface area (Å²) in [6, 6.07) is 5.34. The maximum Gasteiger partial charge on any atom is 0.203 e. The minimum absolute atomic E-state index is 0.318. The topological polar surface area (TPSA) is 69.2 Å². The average molecular weight is 222 g/mol. The molecule has 16 heavy (non-hydrogen) atoms. The van der Waals surface area contributed by atoms with Crippen molar-refractivity contribution in [1.29, 1.82) is 5.26 Å². The summed E-state index contributed by atoms with van der Waals surface area (Å²) in [6.45, 7) is 4.99. The lowest BCUT2D eigenvalue weighted by atomic mass is 9.98. The Kier molecular flexibility index (Phi) is 4.53. The first-order valence-corrected chi connectivity index (χ1v) is 5.55. The van der Waals surface area contributed by atoms with Gasteiger partial charge in [0.1, 0.15) is 11.8 Å². The molecule has 1 heterocycles. The third-order valence-corrected chi connectivity index (χ3v) is 2.84. The van der Waals surface area contributed by atoms with Gasteiger partial charge in [-0.05, 0) is 25.0 Å². The molecular formula is C12H18N2O2. The number of aliphatic hydroxyl groups is 1. The summed E-state index contributed by atoms with van der Waals surface area (Å²) in [5.74, 6) is 1.03. The van der Waals surface area contributed by atoms with E-state index in [9.17, 15) is 5.11 Å². The highest BCUT2D eigenvalue weighted by Crippen LogP contribution is 2.13. The number of furan rings is 1. The molecule has 0 spiro atoms. The van der Waals surface area contributed by atoms with Crippen LogP contribution in [0.5, 0.6) is 0 Å². The fourth-order valence-corrected chi connectivity index (χ4v) is 1.45. The summed E-state index contributed by atoms with van der Waals surface area (Å²) in [7, 11) is 0. The molecule has 0 saturated carbocycles. The van der Waals surface area contributed by atoms with Crippen LogP contribution in [0.2, 0.25) is 0 Å². The summed E-state index contributed by atoms with van der Waals surface area (Å²) in [4.78, 5) is 0. The van der Waals surface area contributed by atoms with E-state index in [4.69, 9.17) is 9.68 Å². The Labute approximate surface area is 95.9 Å². The van der Waals surface area contributed by atoms with Crippen molar-refractivity contribution >= 4 is 0 Å². The molecule has 88 valence electrons. The largest absolute Gasteiger partial charge is 0.449 e. The lowest BCUT2D eigenvalue weighted by Crippen LogP contribution is -2.39. The highest BCUT2D eigenvalue weighted by atomic mass is 16.3. The summed E-state index contributed by atoms with van der Waals surface area (Å²) in [6.07, 6.45) is 1.44. The van der Waals surface area contributed by atoms with Gasteiger partial charge in [-0.1, -0.05) is 13.8 Å². The molecule has 0 bridgehead atoms. The number of rotatable bonds is 6. The van der Waals surface area contributed by atoms with E-state index in [0.29, 0.717) is 24.6 Å². The van der Waals surface area contributed by atoms with E-state index in [-0.39, 0.29) is 0 Å². The summed E-state index contributed by atoms with van der Waals surface area (Å²) < 4.78 is 5.21. The van der Waals surface area contributed by atoms with Crippen LogP contribution >= 0.6 is 0 Å². The average Bonchev–Trinajstić information content (AvgIpc) is 2.77. The molecule has 0 aromatic carbocycles. The Bertz CT molecular complexity index is 361. The van der Waals surface area contributed by atoms with Crippen LogP contribution in [0.4, 0.5) is 0 Å². The van der Waals surface area contributed by atoms with Crippen LogP contribution in [-0.2, 0) is 6.54 Å². The molecule has 4 nitrogen and oxygen atoms in total. The Balaban J connectivity index is 2.38. The standard InChI is InChI=1S/C12H18N2O2/c1-3-12(15,4-2)9-14-8-11-6-5-10(7-13)16-11/h5-6,14-15H,3-4,8-9H2,1-2H3. The zero-order chi connectivity index (χ0) is 12.0. The molecular weight excluding hydrogens is 204 g/mol. The molecule has 1 aromatic rings. The second-order valence-electron chi connectivity index (χ2n) is 3.91. The predicted molar refractivity (Wildman–Crippen MR) is 60.7 cm³/mol. The van der Waals surface area contributed by atoms with E-state index in [1.54, 1.807) is 12.1 Å². The molecule has 0 fully saturated rings. The lowest BCUT2D eigenvalue weighted by molar-refractivity contribution is 0.0319.